The van der Waals surface area contributed by atoms with Crippen molar-refractivity contribution >= 4 is 21.6 Å². The van der Waals surface area contributed by atoms with Gasteiger partial charge in [0.2, 0.25) is 5.91 Å². The summed E-state index contributed by atoms with van der Waals surface area (Å²) >= 11 is 0. The first kappa shape index (κ1) is 16.0. The Bertz CT molecular complexity index is 539. The lowest BCUT2D eigenvalue weighted by Gasteiger charge is -2.42. The highest BCUT2D eigenvalue weighted by Crippen LogP contribution is 2.34. The molecule has 1 amide bonds. The Morgan fingerprint density at radius 3 is 2.57 bits per heavy atom. The summed E-state index contributed by atoms with van der Waals surface area (Å²) in [5, 5.41) is 12.0. The van der Waals surface area contributed by atoms with Gasteiger partial charge in [0.1, 0.15) is 5.41 Å². The van der Waals surface area contributed by atoms with Gasteiger partial charge in [-0.05, 0) is 19.8 Å². The number of carbonyl (C=O) groups is 1. The van der Waals surface area contributed by atoms with E-state index in [1.165, 1.54) is 4.90 Å². The van der Waals surface area contributed by atoms with Crippen LogP contribution in [-0.2, 0) is 19.4 Å². The van der Waals surface area contributed by atoms with E-state index in [0.717, 1.165) is 0 Å². The van der Waals surface area contributed by atoms with Gasteiger partial charge in [-0.2, -0.15) is 0 Å². The topological polar surface area (TPSA) is 122 Å². The van der Waals surface area contributed by atoms with Gasteiger partial charge >= 0.3 is 0 Å². The summed E-state index contributed by atoms with van der Waals surface area (Å²) in [6.45, 7) is 2.54. The van der Waals surface area contributed by atoms with Crippen molar-refractivity contribution in [3.63, 3.8) is 0 Å². The molecule has 2 heterocycles. The van der Waals surface area contributed by atoms with Crippen LogP contribution in [0.3, 0.4) is 0 Å². The fourth-order valence-electron chi connectivity index (χ4n) is 2.97. The third-order valence-electron chi connectivity index (χ3n) is 4.29. The van der Waals surface area contributed by atoms with Gasteiger partial charge in [0.25, 0.3) is 0 Å². The van der Waals surface area contributed by atoms with Gasteiger partial charge in [0.05, 0.1) is 11.5 Å². The fraction of sp³-hybridized carbons (Fsp3) is 0.833. The molecule has 0 aromatic rings. The van der Waals surface area contributed by atoms with Gasteiger partial charge < -0.3 is 20.6 Å². The maximum Gasteiger partial charge on any atom is 0.237 e. The second-order valence-corrected chi connectivity index (χ2v) is 7.87. The molecule has 1 unspecified atom stereocenters. The Morgan fingerprint density at radius 1 is 1.43 bits per heavy atom. The number of carbonyl (C=O) groups excluding carboxylic acids is 1. The van der Waals surface area contributed by atoms with E-state index < -0.39 is 21.3 Å². The molecule has 3 N–H and O–H groups in total. The molecule has 120 valence electrons. The van der Waals surface area contributed by atoms with E-state index in [1.54, 1.807) is 6.92 Å². The molecule has 21 heavy (non-hydrogen) atoms. The first-order chi connectivity index (χ1) is 9.82. The number of oxime groups is 1. The zero-order valence-corrected chi connectivity index (χ0v) is 12.8. The number of hydrogen-bond donors (Lipinski definition) is 2. The van der Waals surface area contributed by atoms with Gasteiger partial charge in [0, 0.05) is 25.8 Å². The van der Waals surface area contributed by atoms with Crippen LogP contribution in [0.2, 0.25) is 0 Å². The number of nitrogens with two attached hydrogens (primary N) is 1. The molecular formula is C12H21N3O5S. The summed E-state index contributed by atoms with van der Waals surface area (Å²) in [5.74, 6) is -0.507. The predicted octanol–water partition coefficient (Wildman–Crippen LogP) is -0.825. The molecule has 0 aromatic heterocycles. The van der Waals surface area contributed by atoms with E-state index in [1.807, 2.05) is 0 Å². The van der Waals surface area contributed by atoms with Crippen LogP contribution in [0.1, 0.15) is 19.8 Å². The molecule has 8 nitrogen and oxygen atoms in total. The van der Waals surface area contributed by atoms with Crippen molar-refractivity contribution in [3.8, 4) is 0 Å². The average Bonchev–Trinajstić information content (AvgIpc) is 2.45. The van der Waals surface area contributed by atoms with Crippen LogP contribution < -0.4 is 5.73 Å². The Kier molecular flexibility index (Phi) is 4.43. The molecule has 0 radical (unpaired) electrons. The van der Waals surface area contributed by atoms with Gasteiger partial charge in [0.15, 0.2) is 15.7 Å². The largest absolute Gasteiger partial charge is 0.409 e. The predicted molar refractivity (Wildman–Crippen MR) is 75.7 cm³/mol. The highest BCUT2D eigenvalue weighted by Gasteiger charge is 2.48. The quantitative estimate of drug-likeness (QED) is 0.297. The maximum absolute atomic E-state index is 12.9. The van der Waals surface area contributed by atoms with E-state index in [9.17, 15) is 13.2 Å². The zero-order valence-electron chi connectivity index (χ0n) is 12.0. The normalized spacial score (nSPS) is 29.1. The first-order valence-corrected chi connectivity index (χ1v) is 8.72. The summed E-state index contributed by atoms with van der Waals surface area (Å²) in [6, 6.07) is -0.414. The number of nitrogens with zero attached hydrogens (tertiary/aromatic N) is 2. The SMILES string of the molecule is CC1CS(=O)(=O)CCN1C(=O)C1(C(N)=NO)CCOCC1. The van der Waals surface area contributed by atoms with Gasteiger partial charge in [-0.3, -0.25) is 4.79 Å². The van der Waals surface area contributed by atoms with E-state index in [-0.39, 0.29) is 29.8 Å². The molecule has 0 aliphatic carbocycles. The first-order valence-electron chi connectivity index (χ1n) is 6.90. The molecule has 2 rings (SSSR count). The minimum absolute atomic E-state index is 0.0498. The van der Waals surface area contributed by atoms with Crippen molar-refractivity contribution in [1.82, 2.24) is 4.90 Å². The third-order valence-corrected chi connectivity index (χ3v) is 6.08. The number of ether oxygens (including phenoxy) is 1. The second-order valence-electron chi connectivity index (χ2n) is 5.64. The minimum Gasteiger partial charge on any atom is -0.409 e. The molecule has 2 saturated heterocycles. The van der Waals surface area contributed by atoms with Crippen LogP contribution in [0, 0.1) is 5.41 Å². The highest BCUT2D eigenvalue weighted by molar-refractivity contribution is 7.91. The molecule has 9 heteroatoms. The zero-order chi connectivity index (χ0) is 15.7. The van der Waals surface area contributed by atoms with Crippen molar-refractivity contribution in [2.45, 2.75) is 25.8 Å². The summed E-state index contributed by atoms with van der Waals surface area (Å²) in [6.07, 6.45) is 0.662. The van der Waals surface area contributed by atoms with E-state index in [0.29, 0.717) is 26.1 Å². The van der Waals surface area contributed by atoms with E-state index in [2.05, 4.69) is 5.16 Å². The molecule has 0 saturated carbocycles. The van der Waals surface area contributed by atoms with Gasteiger partial charge in [-0.15, -0.1) is 0 Å². The lowest BCUT2D eigenvalue weighted by atomic mass is 9.77. The number of rotatable bonds is 2. The van der Waals surface area contributed by atoms with Crippen molar-refractivity contribution in [2.75, 3.05) is 31.3 Å². The van der Waals surface area contributed by atoms with Crippen LogP contribution in [0.15, 0.2) is 5.16 Å². The Labute approximate surface area is 123 Å². The molecule has 0 bridgehead atoms. The molecular weight excluding hydrogens is 298 g/mol. The number of sulfone groups is 1. The lowest BCUT2D eigenvalue weighted by Crippen LogP contribution is -2.59. The molecule has 2 aliphatic heterocycles. The van der Waals surface area contributed by atoms with Gasteiger partial charge in [-0.25, -0.2) is 8.42 Å². The maximum atomic E-state index is 12.9. The van der Waals surface area contributed by atoms with Crippen molar-refractivity contribution in [3.05, 3.63) is 0 Å². The standard InChI is InChI=1S/C12H21N3O5S/c1-9-8-21(18,19)7-4-15(9)11(16)12(10(13)14-17)2-5-20-6-3-12/h9,17H,2-8H2,1H3,(H2,13,14). The van der Waals surface area contributed by atoms with Crippen molar-refractivity contribution < 1.29 is 23.2 Å². The molecule has 1 atom stereocenters. The summed E-state index contributed by atoms with van der Waals surface area (Å²) in [7, 11) is -3.10. The van der Waals surface area contributed by atoms with Crippen LogP contribution in [0.4, 0.5) is 0 Å². The Hall–Kier alpha value is -1.35. The van der Waals surface area contributed by atoms with Crippen molar-refractivity contribution in [1.29, 1.82) is 0 Å². The van der Waals surface area contributed by atoms with E-state index >= 15 is 0 Å². The fourth-order valence-corrected chi connectivity index (χ4v) is 4.53. The summed E-state index contributed by atoms with van der Waals surface area (Å²) in [5.41, 5.74) is 4.67. The molecule has 2 aliphatic rings. The van der Waals surface area contributed by atoms with Crippen LogP contribution >= 0.6 is 0 Å². The number of amidine groups is 1. The van der Waals surface area contributed by atoms with E-state index in [4.69, 9.17) is 15.7 Å². The lowest BCUT2D eigenvalue weighted by molar-refractivity contribution is -0.144. The average molecular weight is 319 g/mol. The van der Waals surface area contributed by atoms with Gasteiger partial charge in [-0.1, -0.05) is 5.16 Å². The molecule has 0 spiro atoms. The second kappa shape index (κ2) is 5.80. The third kappa shape index (κ3) is 2.98. The highest BCUT2D eigenvalue weighted by atomic mass is 32.2. The molecule has 0 aromatic carbocycles. The Morgan fingerprint density at radius 2 is 2.05 bits per heavy atom. The smallest absolute Gasteiger partial charge is 0.237 e. The van der Waals surface area contributed by atoms with Crippen molar-refractivity contribution in [2.24, 2.45) is 16.3 Å². The summed E-state index contributed by atoms with van der Waals surface area (Å²) < 4.78 is 28.5. The minimum atomic E-state index is -3.10. The van der Waals surface area contributed by atoms with Crippen LogP contribution in [-0.4, -0.2) is 67.6 Å². The number of hydrogen-bond acceptors (Lipinski definition) is 6. The number of amides is 1. The monoisotopic (exact) mass is 319 g/mol. The Balaban J connectivity index is 2.27. The van der Waals surface area contributed by atoms with Crippen LogP contribution in [0.25, 0.3) is 0 Å². The summed E-state index contributed by atoms with van der Waals surface area (Å²) in [4.78, 5) is 14.4. The molecule has 2 fully saturated rings. The van der Waals surface area contributed by atoms with Crippen LogP contribution in [0.5, 0.6) is 0 Å².